The molecule has 0 bridgehead atoms. The van der Waals surface area contributed by atoms with Crippen molar-refractivity contribution in [3.8, 4) is 0 Å². The van der Waals surface area contributed by atoms with Crippen LogP contribution in [-0.4, -0.2) is 58.1 Å². The molecule has 6 heteroatoms. The zero-order valence-corrected chi connectivity index (χ0v) is 14.9. The second-order valence-electron chi connectivity index (χ2n) is 6.75. The molecular formula is C18H24N4OS. The van der Waals surface area contributed by atoms with E-state index < -0.39 is 0 Å². The highest BCUT2D eigenvalue weighted by molar-refractivity contribution is 7.09. The molecule has 2 saturated heterocycles. The van der Waals surface area contributed by atoms with E-state index in [0.717, 1.165) is 50.5 Å². The summed E-state index contributed by atoms with van der Waals surface area (Å²) in [5, 5.41) is 3.28. The van der Waals surface area contributed by atoms with Crippen LogP contribution in [-0.2, 0) is 17.9 Å². The Morgan fingerprint density at radius 3 is 3.08 bits per heavy atom. The number of pyridine rings is 1. The van der Waals surface area contributed by atoms with Crippen LogP contribution in [0, 0.1) is 6.92 Å². The maximum atomic E-state index is 6.14. The summed E-state index contributed by atoms with van der Waals surface area (Å²) >= 11 is 1.75. The summed E-state index contributed by atoms with van der Waals surface area (Å²) < 4.78 is 6.14. The molecule has 4 heterocycles. The number of rotatable bonds is 5. The van der Waals surface area contributed by atoms with Crippen molar-refractivity contribution < 1.29 is 4.74 Å². The smallest absolute Gasteiger partial charge is 0.107 e. The number of fused-ring (bicyclic) bond motifs is 1. The Bertz CT molecular complexity index is 663. The Morgan fingerprint density at radius 2 is 2.25 bits per heavy atom. The Labute approximate surface area is 147 Å². The molecule has 0 N–H and O–H groups in total. The van der Waals surface area contributed by atoms with E-state index in [1.165, 1.54) is 5.01 Å². The number of aryl methyl sites for hydroxylation is 1. The molecule has 0 unspecified atom stereocenters. The van der Waals surface area contributed by atoms with E-state index >= 15 is 0 Å². The molecule has 0 aliphatic carbocycles. The fourth-order valence-corrected chi connectivity index (χ4v) is 4.39. The van der Waals surface area contributed by atoms with Crippen molar-refractivity contribution in [2.24, 2.45) is 0 Å². The zero-order chi connectivity index (χ0) is 16.4. The molecule has 24 heavy (non-hydrogen) atoms. The first-order valence-electron chi connectivity index (χ1n) is 8.65. The quantitative estimate of drug-likeness (QED) is 0.833. The Kier molecular flexibility index (Phi) is 4.89. The Morgan fingerprint density at radius 1 is 1.29 bits per heavy atom. The standard InChI is InChI=1S/C18H24N4OS/c1-14-3-2-4-15(20-14)13-23-17-9-16-10-21(6-7-22(16)11-17)12-18-19-5-8-24-18/h2-5,8,16-17H,6-7,9-13H2,1H3/t16-,17+/m0/s1. The van der Waals surface area contributed by atoms with Crippen molar-refractivity contribution in [2.45, 2.75) is 38.6 Å². The third-order valence-electron chi connectivity index (χ3n) is 4.92. The maximum absolute atomic E-state index is 6.14. The Balaban J connectivity index is 1.28. The summed E-state index contributed by atoms with van der Waals surface area (Å²) in [4.78, 5) is 14.1. The molecule has 0 spiro atoms. The van der Waals surface area contributed by atoms with Crippen LogP contribution in [0.5, 0.6) is 0 Å². The lowest BCUT2D eigenvalue weighted by Gasteiger charge is -2.36. The van der Waals surface area contributed by atoms with Gasteiger partial charge in [-0.15, -0.1) is 11.3 Å². The lowest BCUT2D eigenvalue weighted by atomic mass is 10.1. The normalized spacial score (nSPS) is 25.0. The first-order chi connectivity index (χ1) is 11.8. The van der Waals surface area contributed by atoms with Gasteiger partial charge in [0.15, 0.2) is 0 Å². The fourth-order valence-electron chi connectivity index (χ4n) is 3.73. The van der Waals surface area contributed by atoms with E-state index in [1.807, 2.05) is 25.3 Å². The topological polar surface area (TPSA) is 41.5 Å². The van der Waals surface area contributed by atoms with Crippen molar-refractivity contribution in [2.75, 3.05) is 26.2 Å². The monoisotopic (exact) mass is 344 g/mol. The third-order valence-corrected chi connectivity index (χ3v) is 5.68. The number of nitrogens with zero attached hydrogens (tertiary/aromatic N) is 4. The van der Waals surface area contributed by atoms with Gasteiger partial charge in [-0.05, 0) is 25.5 Å². The van der Waals surface area contributed by atoms with Gasteiger partial charge in [0.05, 0.1) is 24.9 Å². The van der Waals surface area contributed by atoms with E-state index in [1.54, 1.807) is 11.3 Å². The van der Waals surface area contributed by atoms with E-state index in [-0.39, 0.29) is 0 Å². The molecule has 2 aromatic heterocycles. The average Bonchev–Trinajstić information content (AvgIpc) is 3.22. The predicted molar refractivity (Wildman–Crippen MR) is 94.9 cm³/mol. The lowest BCUT2D eigenvalue weighted by molar-refractivity contribution is 0.0439. The number of ether oxygens (including phenoxy) is 1. The van der Waals surface area contributed by atoms with Gasteiger partial charge in [-0.1, -0.05) is 6.07 Å². The van der Waals surface area contributed by atoms with Gasteiger partial charge in [0, 0.05) is 49.5 Å². The van der Waals surface area contributed by atoms with Gasteiger partial charge in [-0.2, -0.15) is 0 Å². The molecule has 0 radical (unpaired) electrons. The summed E-state index contributed by atoms with van der Waals surface area (Å²) in [5.41, 5.74) is 2.09. The van der Waals surface area contributed by atoms with E-state index in [2.05, 4.69) is 31.2 Å². The van der Waals surface area contributed by atoms with Gasteiger partial charge in [0.2, 0.25) is 0 Å². The summed E-state index contributed by atoms with van der Waals surface area (Å²) in [5.74, 6) is 0. The lowest BCUT2D eigenvalue weighted by Crippen LogP contribution is -2.49. The number of hydrogen-bond acceptors (Lipinski definition) is 6. The molecular weight excluding hydrogens is 320 g/mol. The van der Waals surface area contributed by atoms with E-state index in [4.69, 9.17) is 4.74 Å². The number of aromatic nitrogens is 2. The summed E-state index contributed by atoms with van der Waals surface area (Å²) in [6.07, 6.45) is 3.35. The van der Waals surface area contributed by atoms with Crippen LogP contribution >= 0.6 is 11.3 Å². The van der Waals surface area contributed by atoms with Crippen LogP contribution in [0.2, 0.25) is 0 Å². The van der Waals surface area contributed by atoms with Gasteiger partial charge in [0.25, 0.3) is 0 Å². The molecule has 0 aromatic carbocycles. The largest absolute Gasteiger partial charge is 0.371 e. The molecule has 2 aliphatic rings. The van der Waals surface area contributed by atoms with Crippen molar-refractivity contribution in [1.82, 2.24) is 19.8 Å². The van der Waals surface area contributed by atoms with Gasteiger partial charge in [-0.3, -0.25) is 14.8 Å². The summed E-state index contributed by atoms with van der Waals surface area (Å²) in [6, 6.07) is 6.74. The van der Waals surface area contributed by atoms with Crippen LogP contribution in [0.4, 0.5) is 0 Å². The first kappa shape index (κ1) is 16.1. The number of hydrogen-bond donors (Lipinski definition) is 0. The van der Waals surface area contributed by atoms with Crippen LogP contribution in [0.15, 0.2) is 29.8 Å². The molecule has 0 amide bonds. The summed E-state index contributed by atoms with van der Waals surface area (Å²) in [7, 11) is 0. The van der Waals surface area contributed by atoms with Crippen molar-refractivity contribution in [1.29, 1.82) is 0 Å². The highest BCUT2D eigenvalue weighted by Gasteiger charge is 2.36. The van der Waals surface area contributed by atoms with Gasteiger partial charge >= 0.3 is 0 Å². The van der Waals surface area contributed by atoms with Crippen molar-refractivity contribution in [3.05, 3.63) is 46.2 Å². The van der Waals surface area contributed by atoms with E-state index in [9.17, 15) is 0 Å². The van der Waals surface area contributed by atoms with Crippen LogP contribution in [0.1, 0.15) is 22.8 Å². The molecule has 2 aromatic rings. The molecule has 2 aliphatic heterocycles. The second kappa shape index (κ2) is 7.27. The minimum Gasteiger partial charge on any atom is -0.371 e. The predicted octanol–water partition coefficient (Wildman–Crippen LogP) is 2.32. The highest BCUT2D eigenvalue weighted by atomic mass is 32.1. The molecule has 2 fully saturated rings. The third kappa shape index (κ3) is 3.83. The van der Waals surface area contributed by atoms with Crippen LogP contribution in [0.25, 0.3) is 0 Å². The molecule has 2 atom stereocenters. The van der Waals surface area contributed by atoms with Crippen LogP contribution < -0.4 is 0 Å². The zero-order valence-electron chi connectivity index (χ0n) is 14.1. The molecule has 4 rings (SSSR count). The van der Waals surface area contributed by atoms with Gasteiger partial charge in [0.1, 0.15) is 5.01 Å². The fraction of sp³-hybridized carbons (Fsp3) is 0.556. The Hall–Kier alpha value is -1.34. The molecule has 0 saturated carbocycles. The maximum Gasteiger partial charge on any atom is 0.107 e. The average molecular weight is 344 g/mol. The SMILES string of the molecule is Cc1cccc(CO[C@@H]2C[C@H]3CN(Cc4nccs4)CCN3C2)n1. The van der Waals surface area contributed by atoms with Crippen LogP contribution in [0.3, 0.4) is 0 Å². The summed E-state index contributed by atoms with van der Waals surface area (Å²) in [6.45, 7) is 8.08. The highest BCUT2D eigenvalue weighted by Crippen LogP contribution is 2.25. The van der Waals surface area contributed by atoms with E-state index in [0.29, 0.717) is 18.8 Å². The minimum absolute atomic E-state index is 0.331. The van der Waals surface area contributed by atoms with Gasteiger partial charge in [-0.25, -0.2) is 4.98 Å². The van der Waals surface area contributed by atoms with Crippen molar-refractivity contribution >= 4 is 11.3 Å². The molecule has 5 nitrogen and oxygen atoms in total. The molecule has 128 valence electrons. The van der Waals surface area contributed by atoms with Gasteiger partial charge < -0.3 is 4.74 Å². The second-order valence-corrected chi connectivity index (χ2v) is 7.73. The number of piperazine rings is 1. The number of thiazole rings is 1. The minimum atomic E-state index is 0.331. The van der Waals surface area contributed by atoms with Crippen molar-refractivity contribution in [3.63, 3.8) is 0 Å². The first-order valence-corrected chi connectivity index (χ1v) is 9.53.